The summed E-state index contributed by atoms with van der Waals surface area (Å²) in [5.41, 5.74) is 0. The summed E-state index contributed by atoms with van der Waals surface area (Å²) < 4.78 is 0. The molecule has 0 aromatic rings. The Labute approximate surface area is 110 Å². The van der Waals surface area contributed by atoms with Gasteiger partial charge in [0.1, 0.15) is 0 Å². The third-order valence-corrected chi connectivity index (χ3v) is 5.07. The van der Waals surface area contributed by atoms with Gasteiger partial charge in [-0.05, 0) is 45.9 Å². The number of thioether (sulfide) groups is 1. The zero-order valence-electron chi connectivity index (χ0n) is 11.3. The van der Waals surface area contributed by atoms with Crippen molar-refractivity contribution in [3.8, 4) is 0 Å². The fraction of sp³-hybridized carbons (Fsp3) is 1.00. The molecule has 1 N–H and O–H groups in total. The van der Waals surface area contributed by atoms with E-state index in [4.69, 9.17) is 0 Å². The van der Waals surface area contributed by atoms with E-state index < -0.39 is 0 Å². The average molecular weight is 257 g/mol. The van der Waals surface area contributed by atoms with E-state index in [1.807, 2.05) is 0 Å². The molecule has 2 rings (SSSR count). The molecule has 17 heavy (non-hydrogen) atoms. The van der Waals surface area contributed by atoms with E-state index in [1.165, 1.54) is 57.1 Å². The van der Waals surface area contributed by atoms with Gasteiger partial charge in [-0.1, -0.05) is 0 Å². The summed E-state index contributed by atoms with van der Waals surface area (Å²) in [7, 11) is 4.53. The molecule has 2 heterocycles. The number of likely N-dealkylation sites (tertiary alicyclic amines) is 1. The predicted molar refractivity (Wildman–Crippen MR) is 76.8 cm³/mol. The molecule has 0 amide bonds. The molecule has 0 aromatic carbocycles. The van der Waals surface area contributed by atoms with Crippen molar-refractivity contribution in [3.05, 3.63) is 0 Å². The van der Waals surface area contributed by atoms with Gasteiger partial charge in [0.15, 0.2) is 0 Å². The van der Waals surface area contributed by atoms with Gasteiger partial charge in [-0.3, -0.25) is 0 Å². The van der Waals surface area contributed by atoms with Crippen molar-refractivity contribution < 1.29 is 0 Å². The van der Waals surface area contributed by atoms with Crippen LogP contribution in [-0.2, 0) is 0 Å². The van der Waals surface area contributed by atoms with Crippen LogP contribution in [0.1, 0.15) is 12.8 Å². The Morgan fingerprint density at radius 1 is 1.29 bits per heavy atom. The third-order valence-electron chi connectivity index (χ3n) is 3.94. The van der Waals surface area contributed by atoms with Crippen molar-refractivity contribution in [2.75, 3.05) is 58.3 Å². The maximum absolute atomic E-state index is 3.62. The van der Waals surface area contributed by atoms with Crippen LogP contribution in [0.25, 0.3) is 0 Å². The number of hydrogen-bond acceptors (Lipinski definition) is 4. The molecule has 0 aliphatic carbocycles. The molecule has 0 bridgehead atoms. The standard InChI is InChI=1S/C13H27N3S/c1-15-6-3-12(4-7-15)9-16(2)10-13-11-17-8-5-14-13/h12-14H,3-11H2,1-2H3. The third kappa shape index (κ3) is 4.78. The highest BCUT2D eigenvalue weighted by atomic mass is 32.2. The van der Waals surface area contributed by atoms with E-state index in [2.05, 4.69) is 41.0 Å². The molecule has 1 unspecified atom stereocenters. The highest BCUT2D eigenvalue weighted by Gasteiger charge is 2.20. The normalized spacial score (nSPS) is 28.8. The summed E-state index contributed by atoms with van der Waals surface area (Å²) in [6, 6.07) is 0.713. The Morgan fingerprint density at radius 2 is 2.06 bits per heavy atom. The van der Waals surface area contributed by atoms with Crippen LogP contribution in [0.3, 0.4) is 0 Å². The molecule has 2 aliphatic rings. The van der Waals surface area contributed by atoms with Gasteiger partial charge in [-0.2, -0.15) is 11.8 Å². The first-order valence-corrected chi connectivity index (χ1v) is 8.07. The molecule has 0 spiro atoms. The Balaban J connectivity index is 1.64. The molecule has 2 fully saturated rings. The van der Waals surface area contributed by atoms with Gasteiger partial charge in [0.05, 0.1) is 0 Å². The monoisotopic (exact) mass is 257 g/mol. The second-order valence-corrected chi connectivity index (χ2v) is 6.84. The fourth-order valence-electron chi connectivity index (χ4n) is 2.87. The van der Waals surface area contributed by atoms with Gasteiger partial charge in [0, 0.05) is 37.2 Å². The second-order valence-electron chi connectivity index (χ2n) is 5.69. The smallest absolute Gasteiger partial charge is 0.0285 e. The first kappa shape index (κ1) is 13.7. The largest absolute Gasteiger partial charge is 0.311 e. The van der Waals surface area contributed by atoms with Crippen LogP contribution in [0, 0.1) is 5.92 Å². The quantitative estimate of drug-likeness (QED) is 0.808. The summed E-state index contributed by atoms with van der Waals surface area (Å²) >= 11 is 2.10. The summed E-state index contributed by atoms with van der Waals surface area (Å²) in [6.45, 7) is 6.28. The molecule has 2 saturated heterocycles. The number of likely N-dealkylation sites (N-methyl/N-ethyl adjacent to an activating group) is 1. The first-order valence-electron chi connectivity index (χ1n) is 6.92. The van der Waals surface area contributed by atoms with Gasteiger partial charge in [-0.15, -0.1) is 0 Å². The highest BCUT2D eigenvalue weighted by Crippen LogP contribution is 2.17. The van der Waals surface area contributed by atoms with Crippen molar-refractivity contribution in [2.24, 2.45) is 5.92 Å². The zero-order chi connectivity index (χ0) is 12.1. The topological polar surface area (TPSA) is 18.5 Å². The Bertz CT molecular complexity index is 211. The van der Waals surface area contributed by atoms with E-state index in [1.54, 1.807) is 0 Å². The summed E-state index contributed by atoms with van der Waals surface area (Å²) in [4.78, 5) is 5.00. The van der Waals surface area contributed by atoms with E-state index in [0.29, 0.717) is 6.04 Å². The molecule has 0 saturated carbocycles. The lowest BCUT2D eigenvalue weighted by molar-refractivity contribution is 0.171. The molecule has 0 aromatic heterocycles. The van der Waals surface area contributed by atoms with Gasteiger partial charge in [0.25, 0.3) is 0 Å². The minimum absolute atomic E-state index is 0.713. The lowest BCUT2D eigenvalue weighted by atomic mass is 9.96. The van der Waals surface area contributed by atoms with E-state index in [0.717, 1.165) is 5.92 Å². The van der Waals surface area contributed by atoms with Crippen LogP contribution in [-0.4, -0.2) is 74.2 Å². The van der Waals surface area contributed by atoms with Crippen molar-refractivity contribution in [1.29, 1.82) is 0 Å². The zero-order valence-corrected chi connectivity index (χ0v) is 12.1. The molecular weight excluding hydrogens is 230 g/mol. The average Bonchev–Trinajstić information content (AvgIpc) is 2.33. The lowest BCUT2D eigenvalue weighted by Gasteiger charge is -2.33. The highest BCUT2D eigenvalue weighted by molar-refractivity contribution is 7.99. The van der Waals surface area contributed by atoms with Gasteiger partial charge in [0.2, 0.25) is 0 Å². The fourth-order valence-corrected chi connectivity index (χ4v) is 3.81. The molecule has 1 atom stereocenters. The van der Waals surface area contributed by atoms with Crippen molar-refractivity contribution in [3.63, 3.8) is 0 Å². The van der Waals surface area contributed by atoms with Crippen LogP contribution in [0.4, 0.5) is 0 Å². The molecular formula is C13H27N3S. The number of nitrogens with zero attached hydrogens (tertiary/aromatic N) is 2. The lowest BCUT2D eigenvalue weighted by Crippen LogP contribution is -2.46. The minimum atomic E-state index is 0.713. The van der Waals surface area contributed by atoms with Crippen LogP contribution in [0.2, 0.25) is 0 Å². The summed E-state index contributed by atoms with van der Waals surface area (Å²) in [6.07, 6.45) is 2.77. The number of hydrogen-bond donors (Lipinski definition) is 1. The minimum Gasteiger partial charge on any atom is -0.311 e. The maximum Gasteiger partial charge on any atom is 0.0285 e. The van der Waals surface area contributed by atoms with Crippen molar-refractivity contribution >= 4 is 11.8 Å². The second kappa shape index (κ2) is 6.98. The van der Waals surface area contributed by atoms with Crippen LogP contribution < -0.4 is 5.32 Å². The van der Waals surface area contributed by atoms with E-state index >= 15 is 0 Å². The van der Waals surface area contributed by atoms with Crippen LogP contribution >= 0.6 is 11.8 Å². The van der Waals surface area contributed by atoms with E-state index in [9.17, 15) is 0 Å². The Morgan fingerprint density at radius 3 is 2.71 bits per heavy atom. The van der Waals surface area contributed by atoms with Crippen molar-refractivity contribution in [1.82, 2.24) is 15.1 Å². The van der Waals surface area contributed by atoms with Gasteiger partial charge >= 0.3 is 0 Å². The summed E-state index contributed by atoms with van der Waals surface area (Å²) in [5, 5.41) is 3.62. The molecule has 100 valence electrons. The van der Waals surface area contributed by atoms with Gasteiger partial charge in [-0.25, -0.2) is 0 Å². The SMILES string of the molecule is CN1CCC(CN(C)CC2CSCCN2)CC1. The molecule has 2 aliphatic heterocycles. The Kier molecular flexibility index (Phi) is 5.60. The maximum atomic E-state index is 3.62. The number of rotatable bonds is 4. The first-order chi connectivity index (χ1) is 8.24. The van der Waals surface area contributed by atoms with E-state index in [-0.39, 0.29) is 0 Å². The predicted octanol–water partition coefficient (Wildman–Crippen LogP) is 0.965. The number of piperidine rings is 1. The molecule has 3 nitrogen and oxygen atoms in total. The Hall–Kier alpha value is 0.230. The molecule has 0 radical (unpaired) electrons. The van der Waals surface area contributed by atoms with Crippen LogP contribution in [0.5, 0.6) is 0 Å². The molecule has 4 heteroatoms. The van der Waals surface area contributed by atoms with Crippen LogP contribution in [0.15, 0.2) is 0 Å². The summed E-state index contributed by atoms with van der Waals surface area (Å²) in [5.74, 6) is 3.50. The number of nitrogens with one attached hydrogen (secondary N) is 1. The van der Waals surface area contributed by atoms with Crippen molar-refractivity contribution in [2.45, 2.75) is 18.9 Å². The van der Waals surface area contributed by atoms with Gasteiger partial charge < -0.3 is 15.1 Å².